The maximum Gasteiger partial charge on any atom is 0.231 e. The van der Waals surface area contributed by atoms with Crippen molar-refractivity contribution in [3.63, 3.8) is 0 Å². The monoisotopic (exact) mass is 365 g/mol. The Bertz CT molecular complexity index is 915. The minimum Gasteiger partial charge on any atom is -0.454 e. The van der Waals surface area contributed by atoms with E-state index in [1.165, 1.54) is 18.4 Å². The standard InChI is InChI=1S/C21H23N3O3/c25-20(10-14-4-2-1-3-5-14)24-9-8-17-16(12-24)21(23-22-17)15-6-7-18-19(11-15)27-13-26-18/h4,6-7,11H,1-3,5,8-10,12-13H2,(H,22,23). The number of rotatable bonds is 3. The lowest BCUT2D eigenvalue weighted by molar-refractivity contribution is -0.131. The van der Waals surface area contributed by atoms with Crippen molar-refractivity contribution in [3.05, 3.63) is 41.1 Å². The summed E-state index contributed by atoms with van der Waals surface area (Å²) < 4.78 is 10.9. The number of H-pyrrole nitrogens is 1. The van der Waals surface area contributed by atoms with E-state index in [1.807, 2.05) is 23.1 Å². The third-order valence-electron chi connectivity index (χ3n) is 5.70. The van der Waals surface area contributed by atoms with Gasteiger partial charge in [-0.3, -0.25) is 9.89 Å². The molecule has 1 aromatic carbocycles. The molecule has 0 fully saturated rings. The van der Waals surface area contributed by atoms with Crippen molar-refractivity contribution >= 4 is 5.91 Å². The molecule has 1 aliphatic carbocycles. The van der Waals surface area contributed by atoms with Crippen LogP contribution in [0.1, 0.15) is 43.4 Å². The van der Waals surface area contributed by atoms with Crippen LogP contribution in [0.2, 0.25) is 0 Å². The molecule has 1 amide bonds. The summed E-state index contributed by atoms with van der Waals surface area (Å²) in [5.74, 6) is 1.74. The second-order valence-electron chi connectivity index (χ2n) is 7.45. The number of amides is 1. The number of allylic oxidation sites excluding steroid dienone is 1. The van der Waals surface area contributed by atoms with Gasteiger partial charge in [0.05, 0.1) is 5.69 Å². The zero-order valence-corrected chi connectivity index (χ0v) is 15.3. The van der Waals surface area contributed by atoms with E-state index < -0.39 is 0 Å². The number of carbonyl (C=O) groups excluding carboxylic acids is 1. The van der Waals surface area contributed by atoms with Gasteiger partial charge in [0, 0.05) is 42.8 Å². The van der Waals surface area contributed by atoms with Crippen molar-refractivity contribution in [1.82, 2.24) is 15.1 Å². The molecule has 2 aromatic rings. The van der Waals surface area contributed by atoms with Gasteiger partial charge in [-0.1, -0.05) is 11.6 Å². The highest BCUT2D eigenvalue weighted by Gasteiger charge is 2.27. The largest absolute Gasteiger partial charge is 0.454 e. The van der Waals surface area contributed by atoms with Crippen LogP contribution in [-0.4, -0.2) is 34.3 Å². The van der Waals surface area contributed by atoms with Crippen LogP contribution in [0.3, 0.4) is 0 Å². The molecule has 0 unspecified atom stereocenters. The molecule has 2 aliphatic heterocycles. The van der Waals surface area contributed by atoms with Crippen molar-refractivity contribution in [2.45, 2.75) is 45.1 Å². The molecular formula is C21H23N3O3. The summed E-state index contributed by atoms with van der Waals surface area (Å²) >= 11 is 0. The van der Waals surface area contributed by atoms with Crippen LogP contribution in [0, 0.1) is 0 Å². The molecule has 0 atom stereocenters. The zero-order valence-electron chi connectivity index (χ0n) is 15.3. The average molecular weight is 365 g/mol. The average Bonchev–Trinajstić information content (AvgIpc) is 3.34. The van der Waals surface area contributed by atoms with Gasteiger partial charge in [-0.05, 0) is 43.9 Å². The molecule has 27 heavy (non-hydrogen) atoms. The number of ether oxygens (including phenoxy) is 2. The number of nitrogens with zero attached hydrogens (tertiary/aromatic N) is 2. The van der Waals surface area contributed by atoms with Crippen LogP contribution in [0.25, 0.3) is 11.3 Å². The Morgan fingerprint density at radius 2 is 2.11 bits per heavy atom. The van der Waals surface area contributed by atoms with Crippen LogP contribution >= 0.6 is 0 Å². The van der Waals surface area contributed by atoms with Crippen molar-refractivity contribution in [1.29, 1.82) is 0 Å². The number of nitrogens with one attached hydrogen (secondary N) is 1. The summed E-state index contributed by atoms with van der Waals surface area (Å²) in [6.07, 6.45) is 8.27. The first-order valence-electron chi connectivity index (χ1n) is 9.70. The van der Waals surface area contributed by atoms with E-state index in [2.05, 4.69) is 16.3 Å². The third kappa shape index (κ3) is 3.09. The van der Waals surface area contributed by atoms with E-state index >= 15 is 0 Å². The first-order chi connectivity index (χ1) is 13.3. The maximum absolute atomic E-state index is 12.8. The fraction of sp³-hybridized carbons (Fsp3) is 0.429. The van der Waals surface area contributed by atoms with Crippen LogP contribution in [0.4, 0.5) is 0 Å². The lowest BCUT2D eigenvalue weighted by Crippen LogP contribution is -2.36. The van der Waals surface area contributed by atoms with E-state index in [9.17, 15) is 4.79 Å². The fourth-order valence-corrected chi connectivity index (χ4v) is 4.16. The minimum absolute atomic E-state index is 0.228. The van der Waals surface area contributed by atoms with Gasteiger partial charge in [0.25, 0.3) is 0 Å². The smallest absolute Gasteiger partial charge is 0.231 e. The highest BCUT2D eigenvalue weighted by molar-refractivity contribution is 5.79. The summed E-state index contributed by atoms with van der Waals surface area (Å²) in [6.45, 7) is 1.62. The van der Waals surface area contributed by atoms with Gasteiger partial charge < -0.3 is 14.4 Å². The maximum atomic E-state index is 12.8. The molecular weight excluding hydrogens is 342 g/mol. The topological polar surface area (TPSA) is 67.5 Å². The predicted octanol–water partition coefficient (Wildman–Crippen LogP) is 3.58. The van der Waals surface area contributed by atoms with Gasteiger partial charge in [0.2, 0.25) is 12.7 Å². The van der Waals surface area contributed by atoms with Crippen molar-refractivity contribution in [3.8, 4) is 22.8 Å². The number of aromatic amines is 1. The number of aromatic nitrogens is 2. The Kier molecular flexibility index (Phi) is 4.11. The van der Waals surface area contributed by atoms with Gasteiger partial charge in [-0.15, -0.1) is 0 Å². The predicted molar refractivity (Wildman–Crippen MR) is 100 cm³/mol. The van der Waals surface area contributed by atoms with Gasteiger partial charge in [0.15, 0.2) is 11.5 Å². The van der Waals surface area contributed by atoms with Gasteiger partial charge in [-0.2, -0.15) is 5.10 Å². The fourth-order valence-electron chi connectivity index (χ4n) is 4.16. The van der Waals surface area contributed by atoms with Crippen LogP contribution in [-0.2, 0) is 17.8 Å². The molecule has 3 heterocycles. The molecule has 0 saturated carbocycles. The van der Waals surface area contributed by atoms with E-state index in [-0.39, 0.29) is 12.7 Å². The summed E-state index contributed by atoms with van der Waals surface area (Å²) in [5.41, 5.74) is 5.44. The van der Waals surface area contributed by atoms with Crippen molar-refractivity contribution < 1.29 is 14.3 Å². The molecule has 6 heteroatoms. The minimum atomic E-state index is 0.228. The lowest BCUT2D eigenvalue weighted by atomic mass is 9.96. The van der Waals surface area contributed by atoms with E-state index in [0.717, 1.165) is 59.8 Å². The first kappa shape index (κ1) is 16.4. The Morgan fingerprint density at radius 1 is 1.19 bits per heavy atom. The molecule has 1 aromatic heterocycles. The van der Waals surface area contributed by atoms with Gasteiger partial charge >= 0.3 is 0 Å². The molecule has 0 bridgehead atoms. The zero-order chi connectivity index (χ0) is 18.2. The van der Waals surface area contributed by atoms with Crippen LogP contribution < -0.4 is 9.47 Å². The number of carbonyl (C=O) groups is 1. The van der Waals surface area contributed by atoms with E-state index in [0.29, 0.717) is 13.0 Å². The van der Waals surface area contributed by atoms with E-state index in [4.69, 9.17) is 9.47 Å². The van der Waals surface area contributed by atoms with Gasteiger partial charge in [-0.25, -0.2) is 0 Å². The summed E-state index contributed by atoms with van der Waals surface area (Å²) in [4.78, 5) is 14.8. The summed E-state index contributed by atoms with van der Waals surface area (Å²) in [6, 6.07) is 5.88. The van der Waals surface area contributed by atoms with Gasteiger partial charge in [0.1, 0.15) is 0 Å². The van der Waals surface area contributed by atoms with E-state index in [1.54, 1.807) is 0 Å². The first-order valence-corrected chi connectivity index (χ1v) is 9.70. The molecule has 0 spiro atoms. The molecule has 140 valence electrons. The lowest BCUT2D eigenvalue weighted by Gasteiger charge is -2.28. The van der Waals surface area contributed by atoms with Crippen molar-refractivity contribution in [2.75, 3.05) is 13.3 Å². The number of benzene rings is 1. The second-order valence-corrected chi connectivity index (χ2v) is 7.45. The summed E-state index contributed by atoms with van der Waals surface area (Å²) in [7, 11) is 0. The van der Waals surface area contributed by atoms with Crippen molar-refractivity contribution in [2.24, 2.45) is 0 Å². The highest BCUT2D eigenvalue weighted by Crippen LogP contribution is 2.37. The Hall–Kier alpha value is -2.76. The van der Waals surface area contributed by atoms with Crippen LogP contribution in [0.15, 0.2) is 29.8 Å². The highest BCUT2D eigenvalue weighted by atomic mass is 16.7. The molecule has 6 nitrogen and oxygen atoms in total. The molecule has 1 N–H and O–H groups in total. The third-order valence-corrected chi connectivity index (χ3v) is 5.70. The Labute approximate surface area is 158 Å². The van der Waals surface area contributed by atoms with Crippen LogP contribution in [0.5, 0.6) is 11.5 Å². The molecule has 5 rings (SSSR count). The quantitative estimate of drug-likeness (QED) is 0.844. The Morgan fingerprint density at radius 3 is 3.00 bits per heavy atom. The number of hydrogen-bond donors (Lipinski definition) is 1. The number of hydrogen-bond acceptors (Lipinski definition) is 4. The Balaban J connectivity index is 1.37. The molecule has 3 aliphatic rings. The number of fused-ring (bicyclic) bond motifs is 2. The summed E-state index contributed by atoms with van der Waals surface area (Å²) in [5, 5.41) is 7.69. The normalized spacial score (nSPS) is 18.2. The SMILES string of the molecule is O=C(CC1=CCCCC1)N1CCc2[nH]nc(-c3ccc4c(c3)OCO4)c2C1. The molecule has 0 saturated heterocycles. The second kappa shape index (κ2) is 6.76. The molecule has 0 radical (unpaired) electrons.